The van der Waals surface area contributed by atoms with Crippen molar-refractivity contribution in [2.75, 3.05) is 33.0 Å². The van der Waals surface area contributed by atoms with Gasteiger partial charge in [-0.25, -0.2) is 0 Å². The molecule has 1 heterocycles. The van der Waals surface area contributed by atoms with E-state index in [4.69, 9.17) is 15.4 Å². The van der Waals surface area contributed by atoms with Crippen LogP contribution in [-0.4, -0.2) is 43.5 Å². The molecule has 1 rings (SSSR count). The predicted octanol–water partition coefficient (Wildman–Crippen LogP) is 2.85. The van der Waals surface area contributed by atoms with Crippen LogP contribution in [0.4, 0.5) is 0 Å². The van der Waals surface area contributed by atoms with Crippen LogP contribution in [0.25, 0.3) is 5.41 Å². The summed E-state index contributed by atoms with van der Waals surface area (Å²) in [4.78, 5) is 2.58. The fourth-order valence-electron chi connectivity index (χ4n) is 2.57. The number of ether oxygens (including phenoxy) is 1. The molecular formula is C14H26N4O. The number of likely N-dealkylation sites (tertiary alicyclic amines) is 1. The summed E-state index contributed by atoms with van der Waals surface area (Å²) in [7, 11) is 0. The number of hydrogen-bond acceptors (Lipinski definition) is 3. The van der Waals surface area contributed by atoms with E-state index in [0.717, 1.165) is 25.7 Å². The van der Waals surface area contributed by atoms with Gasteiger partial charge in [-0.15, -0.1) is 6.01 Å². The van der Waals surface area contributed by atoms with Gasteiger partial charge in [0.2, 0.25) is 0 Å². The maximum absolute atomic E-state index is 7.43. The van der Waals surface area contributed by atoms with Gasteiger partial charge in [0, 0.05) is 18.8 Å². The van der Waals surface area contributed by atoms with Crippen LogP contribution in [0.1, 0.15) is 40.0 Å². The molecule has 0 spiro atoms. The molecule has 0 unspecified atom stereocenters. The summed E-state index contributed by atoms with van der Waals surface area (Å²) >= 11 is 0. The van der Waals surface area contributed by atoms with E-state index in [-0.39, 0.29) is 0 Å². The van der Waals surface area contributed by atoms with Crippen LogP contribution in [-0.2, 0) is 4.74 Å². The molecule has 0 bridgehead atoms. The van der Waals surface area contributed by atoms with Crippen LogP contribution < -0.4 is 0 Å². The fourth-order valence-corrected chi connectivity index (χ4v) is 2.57. The van der Waals surface area contributed by atoms with Crippen LogP contribution in [0.2, 0.25) is 0 Å². The van der Waals surface area contributed by atoms with Crippen LogP contribution in [0, 0.1) is 17.4 Å². The molecule has 1 aliphatic rings. The number of rotatable bonds is 6. The average molecular weight is 266 g/mol. The molecule has 5 nitrogen and oxygen atoms in total. The minimum atomic E-state index is 0.790. The van der Waals surface area contributed by atoms with Crippen molar-refractivity contribution in [1.29, 1.82) is 5.26 Å². The Morgan fingerprint density at radius 2 is 2.00 bits per heavy atom. The van der Waals surface area contributed by atoms with Gasteiger partial charge in [-0.2, -0.15) is 5.26 Å². The monoisotopic (exact) mass is 266 g/mol. The standard InChI is InChI=1S/C12H26NO.C2N3/c1-4-9-14-11-13(10-12(2)3)7-5-6-8-13;3-1-5-2-4/h12H,4-11H2,1-3H3;/q+1;-1. The van der Waals surface area contributed by atoms with Crippen molar-refractivity contribution in [3.8, 4) is 6.19 Å². The molecule has 0 aromatic carbocycles. The van der Waals surface area contributed by atoms with Gasteiger partial charge in [-0.3, -0.25) is 0 Å². The van der Waals surface area contributed by atoms with E-state index in [9.17, 15) is 0 Å². The van der Waals surface area contributed by atoms with Crippen molar-refractivity contribution in [2.24, 2.45) is 10.9 Å². The summed E-state index contributed by atoms with van der Waals surface area (Å²) in [6, 6.07) is 1.28. The first kappa shape index (κ1) is 17.8. The molecule has 1 aliphatic heterocycles. The van der Waals surface area contributed by atoms with Crippen LogP contribution in [0.5, 0.6) is 0 Å². The van der Waals surface area contributed by atoms with Crippen LogP contribution >= 0.6 is 0 Å². The van der Waals surface area contributed by atoms with Gasteiger partial charge >= 0.3 is 0 Å². The van der Waals surface area contributed by atoms with E-state index in [0.29, 0.717) is 0 Å². The zero-order valence-corrected chi connectivity index (χ0v) is 12.4. The SMILES string of the molecule is CCCOC[N+]1(CC(C)C)CCCC1.N#CN=C=[N-]. The second-order valence-corrected chi connectivity index (χ2v) is 5.42. The van der Waals surface area contributed by atoms with E-state index in [1.165, 1.54) is 49.2 Å². The third-order valence-corrected chi connectivity index (χ3v) is 3.08. The number of hydrogen-bond donors (Lipinski definition) is 0. The lowest BCUT2D eigenvalue weighted by Crippen LogP contribution is -2.49. The zero-order chi connectivity index (χ0) is 14.6. The summed E-state index contributed by atoms with van der Waals surface area (Å²) in [6.07, 6.45) is 5.20. The number of nitriles is 1. The highest BCUT2D eigenvalue weighted by molar-refractivity contribution is 5.46. The van der Waals surface area contributed by atoms with Crippen molar-refractivity contribution in [2.45, 2.75) is 40.0 Å². The maximum Gasteiger partial charge on any atom is 0.183 e. The van der Waals surface area contributed by atoms with Gasteiger partial charge in [0.05, 0.1) is 32.4 Å². The first-order valence-electron chi connectivity index (χ1n) is 7.01. The van der Waals surface area contributed by atoms with Crippen LogP contribution in [0.3, 0.4) is 0 Å². The quantitative estimate of drug-likeness (QED) is 0.321. The highest BCUT2D eigenvalue weighted by atomic mass is 16.5. The summed E-state index contributed by atoms with van der Waals surface area (Å²) in [5, 5.41) is 14.9. The lowest BCUT2D eigenvalue weighted by Gasteiger charge is -2.35. The molecule has 0 N–H and O–H groups in total. The van der Waals surface area contributed by atoms with Crippen molar-refractivity contribution < 1.29 is 9.22 Å². The van der Waals surface area contributed by atoms with Crippen molar-refractivity contribution in [3.63, 3.8) is 0 Å². The lowest BCUT2D eigenvalue weighted by atomic mass is 10.2. The van der Waals surface area contributed by atoms with Gasteiger partial charge in [-0.1, -0.05) is 20.8 Å². The van der Waals surface area contributed by atoms with Crippen LogP contribution in [0.15, 0.2) is 4.99 Å². The van der Waals surface area contributed by atoms with E-state index in [1.807, 2.05) is 0 Å². The summed E-state index contributed by atoms with van der Waals surface area (Å²) in [5.41, 5.74) is 0. The number of aliphatic imine (C=N–C) groups is 1. The molecule has 0 radical (unpaired) electrons. The molecule has 0 aromatic rings. The Morgan fingerprint density at radius 3 is 2.37 bits per heavy atom. The second kappa shape index (κ2) is 10.7. The average Bonchev–Trinajstić information content (AvgIpc) is 2.79. The Bertz CT molecular complexity index is 310. The maximum atomic E-state index is 7.43. The Labute approximate surface area is 117 Å². The molecule has 1 saturated heterocycles. The summed E-state index contributed by atoms with van der Waals surface area (Å²) in [6.45, 7) is 12.7. The molecular weight excluding hydrogens is 240 g/mol. The predicted molar refractivity (Wildman–Crippen MR) is 76.5 cm³/mol. The third-order valence-electron chi connectivity index (χ3n) is 3.08. The highest BCUT2D eigenvalue weighted by Gasteiger charge is 2.32. The smallest absolute Gasteiger partial charge is 0.183 e. The molecule has 1 fully saturated rings. The van der Waals surface area contributed by atoms with E-state index in [1.54, 1.807) is 0 Å². The zero-order valence-electron chi connectivity index (χ0n) is 12.4. The Morgan fingerprint density at radius 1 is 1.37 bits per heavy atom. The van der Waals surface area contributed by atoms with E-state index >= 15 is 0 Å². The lowest BCUT2D eigenvalue weighted by molar-refractivity contribution is -0.937. The molecule has 5 heteroatoms. The van der Waals surface area contributed by atoms with Crippen molar-refractivity contribution in [1.82, 2.24) is 0 Å². The first-order valence-corrected chi connectivity index (χ1v) is 7.01. The number of quaternary nitrogens is 1. The van der Waals surface area contributed by atoms with Gasteiger partial charge in [0.15, 0.2) is 6.73 Å². The van der Waals surface area contributed by atoms with Gasteiger partial charge < -0.3 is 19.6 Å². The Hall–Kier alpha value is -1.21. The van der Waals surface area contributed by atoms with Crippen molar-refractivity contribution >= 4 is 6.01 Å². The van der Waals surface area contributed by atoms with E-state index < -0.39 is 0 Å². The highest BCUT2D eigenvalue weighted by Crippen LogP contribution is 2.21. The molecule has 108 valence electrons. The summed E-state index contributed by atoms with van der Waals surface area (Å²) < 4.78 is 6.96. The Kier molecular flexibility index (Phi) is 10.0. The molecule has 19 heavy (non-hydrogen) atoms. The van der Waals surface area contributed by atoms with E-state index in [2.05, 4.69) is 25.8 Å². The minimum absolute atomic E-state index is 0.790. The molecule has 0 atom stereocenters. The van der Waals surface area contributed by atoms with Gasteiger partial charge in [0.1, 0.15) is 0 Å². The molecule has 0 amide bonds. The molecule has 0 saturated carbocycles. The molecule has 0 aliphatic carbocycles. The van der Waals surface area contributed by atoms with Gasteiger partial charge in [-0.05, 0) is 6.42 Å². The Balaban J connectivity index is 0.000000555. The first-order chi connectivity index (χ1) is 9.10. The number of nitrogens with zero attached hydrogens (tertiary/aromatic N) is 4. The largest absolute Gasteiger partial charge is 0.422 e. The molecule has 0 aromatic heterocycles. The summed E-state index contributed by atoms with van der Waals surface area (Å²) in [5.74, 6) is 0.790. The third kappa shape index (κ3) is 8.50. The fraction of sp³-hybridized carbons (Fsp3) is 0.857. The van der Waals surface area contributed by atoms with Gasteiger partial charge in [0.25, 0.3) is 0 Å². The minimum Gasteiger partial charge on any atom is -0.422 e. The normalized spacial score (nSPS) is 16.2. The topological polar surface area (TPSA) is 67.7 Å². The van der Waals surface area contributed by atoms with Crippen molar-refractivity contribution in [3.05, 3.63) is 5.41 Å². The second-order valence-electron chi connectivity index (χ2n) is 5.42.